The summed E-state index contributed by atoms with van der Waals surface area (Å²) in [4.78, 5) is 14.2. The first kappa shape index (κ1) is 14.6. The van der Waals surface area contributed by atoms with Gasteiger partial charge < -0.3 is 5.11 Å². The molecule has 0 radical (unpaired) electrons. The summed E-state index contributed by atoms with van der Waals surface area (Å²) in [6.45, 7) is 5.48. The van der Waals surface area contributed by atoms with Crippen LogP contribution in [0.5, 0.6) is 0 Å². The van der Waals surface area contributed by atoms with Crippen LogP contribution in [-0.4, -0.2) is 28.6 Å². The first-order valence-electron chi connectivity index (χ1n) is 8.14. The summed E-state index contributed by atoms with van der Waals surface area (Å²) in [6.07, 6.45) is 4.54. The van der Waals surface area contributed by atoms with E-state index >= 15 is 0 Å². The highest BCUT2D eigenvalue weighted by molar-refractivity contribution is 5.76. The largest absolute Gasteiger partial charge is 0.480 e. The van der Waals surface area contributed by atoms with Gasteiger partial charge in [0.2, 0.25) is 0 Å². The van der Waals surface area contributed by atoms with Crippen molar-refractivity contribution in [2.45, 2.75) is 51.6 Å². The molecule has 4 unspecified atom stereocenters. The van der Waals surface area contributed by atoms with E-state index in [2.05, 4.69) is 24.8 Å². The fourth-order valence-corrected chi connectivity index (χ4v) is 4.36. The van der Waals surface area contributed by atoms with Crippen LogP contribution in [0.2, 0.25) is 0 Å². The maximum Gasteiger partial charge on any atom is 0.325 e. The van der Waals surface area contributed by atoms with Crippen LogP contribution in [0.1, 0.15) is 50.3 Å². The Labute approximate surface area is 127 Å². The predicted molar refractivity (Wildman–Crippen MR) is 83.2 cm³/mol. The zero-order valence-electron chi connectivity index (χ0n) is 13.0. The molecule has 1 aliphatic heterocycles. The van der Waals surface area contributed by atoms with E-state index in [0.717, 1.165) is 30.9 Å². The van der Waals surface area contributed by atoms with Gasteiger partial charge in [0.05, 0.1) is 0 Å². The van der Waals surface area contributed by atoms with Crippen LogP contribution in [0.15, 0.2) is 24.3 Å². The summed E-state index contributed by atoms with van der Waals surface area (Å²) in [7, 11) is 0. The van der Waals surface area contributed by atoms with E-state index in [0.29, 0.717) is 12.0 Å². The number of carbonyl (C=O) groups is 1. The van der Waals surface area contributed by atoms with Crippen molar-refractivity contribution in [3.8, 4) is 0 Å². The Morgan fingerprint density at radius 1 is 1.24 bits per heavy atom. The van der Waals surface area contributed by atoms with Crippen LogP contribution in [0.4, 0.5) is 0 Å². The first-order valence-corrected chi connectivity index (χ1v) is 8.14. The average molecular weight is 287 g/mol. The molecule has 1 aromatic rings. The summed E-state index contributed by atoms with van der Waals surface area (Å²) < 4.78 is 0. The summed E-state index contributed by atoms with van der Waals surface area (Å²) in [5.74, 6) is 0.658. The van der Waals surface area contributed by atoms with Crippen LogP contribution in [0, 0.1) is 11.8 Å². The van der Waals surface area contributed by atoms with Gasteiger partial charge in [0.15, 0.2) is 0 Å². The van der Waals surface area contributed by atoms with Gasteiger partial charge in [0.1, 0.15) is 6.04 Å². The quantitative estimate of drug-likeness (QED) is 0.905. The zero-order valence-corrected chi connectivity index (χ0v) is 13.0. The number of hydrogen-bond acceptors (Lipinski definition) is 2. The van der Waals surface area contributed by atoms with E-state index in [4.69, 9.17) is 0 Å². The molecule has 1 N–H and O–H groups in total. The molecular weight excluding hydrogens is 262 g/mol. The molecule has 3 heteroatoms. The minimum Gasteiger partial charge on any atom is -0.480 e. The molecule has 4 atom stereocenters. The maximum atomic E-state index is 11.9. The number of hydrogen-bond donors (Lipinski definition) is 1. The van der Waals surface area contributed by atoms with Crippen molar-refractivity contribution in [2.24, 2.45) is 11.8 Å². The molecule has 3 rings (SSSR count). The average Bonchev–Trinajstić information content (AvgIpc) is 2.46. The summed E-state index contributed by atoms with van der Waals surface area (Å²) >= 11 is 0. The second kappa shape index (κ2) is 5.80. The van der Waals surface area contributed by atoms with E-state index in [1.54, 1.807) is 0 Å². The third kappa shape index (κ3) is 2.71. The highest BCUT2D eigenvalue weighted by Crippen LogP contribution is 2.39. The smallest absolute Gasteiger partial charge is 0.325 e. The standard InChI is InChI=1S/C18H25NO2/c1-12-7-8-16(13(2)11-12)19-10-9-14-5-3-4-6-15(14)17(19)18(20)21/h3-6,12-13,16-17H,7-11H2,1-2H3,(H,20,21). The van der Waals surface area contributed by atoms with Gasteiger partial charge in [0.25, 0.3) is 0 Å². The lowest BCUT2D eigenvalue weighted by atomic mass is 9.77. The number of fused-ring (bicyclic) bond motifs is 1. The van der Waals surface area contributed by atoms with Crippen molar-refractivity contribution >= 4 is 5.97 Å². The SMILES string of the molecule is CC1CCC(N2CCc3ccccc3C2C(=O)O)C(C)C1. The molecule has 1 heterocycles. The number of benzene rings is 1. The molecule has 1 aliphatic carbocycles. The summed E-state index contributed by atoms with van der Waals surface area (Å²) in [5, 5.41) is 9.78. The van der Waals surface area contributed by atoms with Gasteiger partial charge in [-0.05, 0) is 48.6 Å². The van der Waals surface area contributed by atoms with Crippen LogP contribution in [-0.2, 0) is 11.2 Å². The van der Waals surface area contributed by atoms with Gasteiger partial charge in [-0.3, -0.25) is 9.69 Å². The van der Waals surface area contributed by atoms with Gasteiger partial charge >= 0.3 is 5.97 Å². The maximum absolute atomic E-state index is 11.9. The van der Waals surface area contributed by atoms with Crippen molar-refractivity contribution in [3.05, 3.63) is 35.4 Å². The first-order chi connectivity index (χ1) is 10.1. The highest BCUT2D eigenvalue weighted by atomic mass is 16.4. The molecule has 0 saturated heterocycles. The van der Waals surface area contributed by atoms with Crippen LogP contribution in [0.3, 0.4) is 0 Å². The third-order valence-electron chi connectivity index (χ3n) is 5.37. The Kier molecular flexibility index (Phi) is 4.03. The molecule has 21 heavy (non-hydrogen) atoms. The molecule has 1 fully saturated rings. The lowest BCUT2D eigenvalue weighted by Crippen LogP contribution is -2.50. The number of aliphatic carboxylic acids is 1. The second-order valence-electron chi connectivity index (χ2n) is 6.89. The molecule has 2 aliphatic rings. The molecule has 0 amide bonds. The molecule has 114 valence electrons. The van der Waals surface area contributed by atoms with Crippen molar-refractivity contribution in [2.75, 3.05) is 6.54 Å². The molecule has 0 spiro atoms. The number of carboxylic acid groups (broad SMARTS) is 1. The minimum atomic E-state index is -0.701. The molecule has 1 aromatic carbocycles. The number of carboxylic acids is 1. The van der Waals surface area contributed by atoms with Gasteiger partial charge in [-0.25, -0.2) is 0 Å². The van der Waals surface area contributed by atoms with E-state index < -0.39 is 12.0 Å². The Morgan fingerprint density at radius 3 is 2.71 bits per heavy atom. The highest BCUT2D eigenvalue weighted by Gasteiger charge is 2.40. The van der Waals surface area contributed by atoms with E-state index in [9.17, 15) is 9.90 Å². The van der Waals surface area contributed by atoms with Crippen LogP contribution in [0.25, 0.3) is 0 Å². The van der Waals surface area contributed by atoms with Gasteiger partial charge in [-0.2, -0.15) is 0 Å². The Bertz CT molecular complexity index is 528. The predicted octanol–water partition coefficient (Wildman–Crippen LogP) is 3.50. The van der Waals surface area contributed by atoms with Gasteiger partial charge in [-0.1, -0.05) is 38.1 Å². The fourth-order valence-electron chi connectivity index (χ4n) is 4.36. The van der Waals surface area contributed by atoms with Crippen molar-refractivity contribution < 1.29 is 9.90 Å². The monoisotopic (exact) mass is 287 g/mol. The molecule has 3 nitrogen and oxygen atoms in total. The van der Waals surface area contributed by atoms with E-state index in [-0.39, 0.29) is 0 Å². The van der Waals surface area contributed by atoms with Crippen molar-refractivity contribution in [1.82, 2.24) is 4.90 Å². The Morgan fingerprint density at radius 2 is 2.00 bits per heavy atom. The third-order valence-corrected chi connectivity index (χ3v) is 5.37. The number of nitrogens with zero attached hydrogens (tertiary/aromatic N) is 1. The topological polar surface area (TPSA) is 40.5 Å². The van der Waals surface area contributed by atoms with E-state index in [1.807, 2.05) is 18.2 Å². The molecule has 0 aromatic heterocycles. The van der Waals surface area contributed by atoms with Crippen molar-refractivity contribution in [3.63, 3.8) is 0 Å². The van der Waals surface area contributed by atoms with E-state index in [1.165, 1.54) is 18.4 Å². The fraction of sp³-hybridized carbons (Fsp3) is 0.611. The van der Waals surface area contributed by atoms with Gasteiger partial charge in [0, 0.05) is 12.6 Å². The normalized spacial score (nSPS) is 33.4. The minimum absolute atomic E-state index is 0.413. The van der Waals surface area contributed by atoms with Crippen LogP contribution < -0.4 is 0 Å². The number of rotatable bonds is 2. The molecule has 1 saturated carbocycles. The van der Waals surface area contributed by atoms with Crippen LogP contribution >= 0.6 is 0 Å². The summed E-state index contributed by atoms with van der Waals surface area (Å²) in [6, 6.07) is 8.00. The van der Waals surface area contributed by atoms with Crippen molar-refractivity contribution in [1.29, 1.82) is 0 Å². The second-order valence-corrected chi connectivity index (χ2v) is 6.89. The molecular formula is C18H25NO2. The lowest BCUT2D eigenvalue weighted by molar-refractivity contribution is -0.146. The zero-order chi connectivity index (χ0) is 15.0. The van der Waals surface area contributed by atoms with Gasteiger partial charge in [-0.15, -0.1) is 0 Å². The Hall–Kier alpha value is -1.35. The summed E-state index contributed by atoms with van der Waals surface area (Å²) in [5.41, 5.74) is 2.21. The lowest BCUT2D eigenvalue weighted by Gasteiger charge is -2.45. The molecule has 0 bridgehead atoms. The Balaban J connectivity index is 1.90.